The van der Waals surface area contributed by atoms with Crippen LogP contribution in [0.1, 0.15) is 0 Å². The van der Waals surface area contributed by atoms with E-state index in [0.717, 1.165) is 12.1 Å². The van der Waals surface area contributed by atoms with E-state index in [1.807, 2.05) is 0 Å². The molecule has 94 valence electrons. The van der Waals surface area contributed by atoms with Gasteiger partial charge in [0.15, 0.2) is 17.4 Å². The van der Waals surface area contributed by atoms with Crippen molar-refractivity contribution in [2.45, 2.75) is 0 Å². The van der Waals surface area contributed by atoms with Crippen molar-refractivity contribution in [3.63, 3.8) is 0 Å². The van der Waals surface area contributed by atoms with Crippen molar-refractivity contribution in [3.05, 3.63) is 51.5 Å². The highest BCUT2D eigenvalue weighted by Gasteiger charge is 2.14. The predicted molar refractivity (Wildman–Crippen MR) is 70.0 cm³/mol. The van der Waals surface area contributed by atoms with Gasteiger partial charge in [0.05, 0.1) is 4.47 Å². The second kappa shape index (κ2) is 5.12. The van der Waals surface area contributed by atoms with Gasteiger partial charge in [0.25, 0.3) is 0 Å². The Bertz CT molecular complexity index is 584. The zero-order chi connectivity index (χ0) is 13.3. The summed E-state index contributed by atoms with van der Waals surface area (Å²) in [6.45, 7) is 0. The van der Waals surface area contributed by atoms with E-state index in [-0.39, 0.29) is 11.4 Å². The number of nitrogen functional groups attached to an aromatic ring is 1. The molecular formula is C12H7BrClF2NO. The molecule has 0 aliphatic heterocycles. The van der Waals surface area contributed by atoms with E-state index in [1.54, 1.807) is 12.1 Å². The van der Waals surface area contributed by atoms with Crippen LogP contribution in [-0.2, 0) is 0 Å². The number of hydrogen-bond acceptors (Lipinski definition) is 2. The van der Waals surface area contributed by atoms with Gasteiger partial charge >= 0.3 is 0 Å². The molecule has 0 unspecified atom stereocenters. The highest BCUT2D eigenvalue weighted by Crippen LogP contribution is 2.34. The highest BCUT2D eigenvalue weighted by atomic mass is 79.9. The molecular weight excluding hydrogens is 327 g/mol. The van der Waals surface area contributed by atoms with Crippen LogP contribution in [0.2, 0.25) is 5.02 Å². The molecule has 0 bridgehead atoms. The molecule has 2 aromatic carbocycles. The van der Waals surface area contributed by atoms with Crippen LogP contribution in [0.4, 0.5) is 14.5 Å². The van der Waals surface area contributed by atoms with E-state index < -0.39 is 17.4 Å². The maximum absolute atomic E-state index is 13.5. The summed E-state index contributed by atoms with van der Waals surface area (Å²) in [5.74, 6) is -1.99. The predicted octanol–water partition coefficient (Wildman–Crippen LogP) is 4.76. The Kier molecular flexibility index (Phi) is 3.73. The maximum Gasteiger partial charge on any atom is 0.198 e. The van der Waals surface area contributed by atoms with Crippen LogP contribution in [0, 0.1) is 11.6 Å². The van der Waals surface area contributed by atoms with Crippen LogP contribution in [0.5, 0.6) is 11.5 Å². The molecule has 2 N–H and O–H groups in total. The summed E-state index contributed by atoms with van der Waals surface area (Å²) in [5, 5.41) is 0.479. The molecule has 0 spiro atoms. The van der Waals surface area contributed by atoms with Crippen LogP contribution >= 0.6 is 27.5 Å². The molecule has 0 aromatic heterocycles. The number of hydrogen-bond donors (Lipinski definition) is 1. The molecule has 0 heterocycles. The van der Waals surface area contributed by atoms with E-state index in [9.17, 15) is 8.78 Å². The van der Waals surface area contributed by atoms with Crippen molar-refractivity contribution in [1.29, 1.82) is 0 Å². The molecule has 0 radical (unpaired) electrons. The lowest BCUT2D eigenvalue weighted by atomic mass is 10.2. The average molecular weight is 335 g/mol. The summed E-state index contributed by atoms with van der Waals surface area (Å²) >= 11 is 8.94. The van der Waals surface area contributed by atoms with Crippen molar-refractivity contribution in [3.8, 4) is 11.5 Å². The molecule has 0 amide bonds. The lowest BCUT2D eigenvalue weighted by molar-refractivity contribution is 0.406. The monoisotopic (exact) mass is 333 g/mol. The fraction of sp³-hybridized carbons (Fsp3) is 0. The van der Waals surface area contributed by atoms with E-state index in [1.165, 1.54) is 6.07 Å². The molecule has 2 rings (SSSR count). The van der Waals surface area contributed by atoms with Crippen LogP contribution in [-0.4, -0.2) is 0 Å². The van der Waals surface area contributed by atoms with Gasteiger partial charge in [0.2, 0.25) is 0 Å². The third kappa shape index (κ3) is 2.73. The average Bonchev–Trinajstić information content (AvgIpc) is 2.25. The first-order valence-electron chi connectivity index (χ1n) is 4.85. The molecule has 18 heavy (non-hydrogen) atoms. The molecule has 0 saturated heterocycles. The van der Waals surface area contributed by atoms with Crippen molar-refractivity contribution in [2.24, 2.45) is 0 Å². The van der Waals surface area contributed by atoms with Gasteiger partial charge in [-0.3, -0.25) is 0 Å². The van der Waals surface area contributed by atoms with Gasteiger partial charge in [-0.1, -0.05) is 11.6 Å². The highest BCUT2D eigenvalue weighted by molar-refractivity contribution is 9.10. The maximum atomic E-state index is 13.5. The molecule has 6 heteroatoms. The first-order valence-corrected chi connectivity index (χ1v) is 6.02. The number of ether oxygens (including phenoxy) is 1. The first kappa shape index (κ1) is 13.1. The van der Waals surface area contributed by atoms with Crippen molar-refractivity contribution in [2.75, 3.05) is 5.73 Å². The zero-order valence-electron chi connectivity index (χ0n) is 8.88. The molecule has 2 nitrogen and oxygen atoms in total. The van der Waals surface area contributed by atoms with Crippen LogP contribution in [0.15, 0.2) is 34.8 Å². The quantitative estimate of drug-likeness (QED) is 0.804. The Hall–Kier alpha value is -1.33. The third-order valence-electron chi connectivity index (χ3n) is 2.13. The summed E-state index contributed by atoms with van der Waals surface area (Å²) in [6.07, 6.45) is 0. The van der Waals surface area contributed by atoms with Gasteiger partial charge in [-0.05, 0) is 34.1 Å². The van der Waals surface area contributed by atoms with Gasteiger partial charge in [-0.25, -0.2) is 8.78 Å². The van der Waals surface area contributed by atoms with Crippen LogP contribution in [0.3, 0.4) is 0 Å². The number of rotatable bonds is 2. The number of halogens is 4. The number of benzene rings is 2. The molecule has 0 aliphatic rings. The Labute approximate surface area is 115 Å². The Morgan fingerprint density at radius 1 is 1.11 bits per heavy atom. The summed E-state index contributed by atoms with van der Waals surface area (Å²) in [7, 11) is 0. The number of anilines is 1. The minimum atomic E-state index is -0.866. The lowest BCUT2D eigenvalue weighted by Gasteiger charge is -2.10. The topological polar surface area (TPSA) is 35.2 Å². The second-order valence-electron chi connectivity index (χ2n) is 3.49. The summed E-state index contributed by atoms with van der Waals surface area (Å²) in [5.41, 5.74) is 5.30. The Morgan fingerprint density at radius 3 is 2.28 bits per heavy atom. The molecule has 2 aromatic rings. The van der Waals surface area contributed by atoms with E-state index in [0.29, 0.717) is 9.50 Å². The normalized spacial score (nSPS) is 10.4. The van der Waals surface area contributed by atoms with Gasteiger partial charge < -0.3 is 10.5 Å². The van der Waals surface area contributed by atoms with Gasteiger partial charge in [-0.15, -0.1) is 0 Å². The SMILES string of the molecule is Nc1cc(F)c(Oc2ccc(Cl)cc2Br)c(F)c1. The second-order valence-corrected chi connectivity index (χ2v) is 4.78. The van der Waals surface area contributed by atoms with Crippen LogP contribution < -0.4 is 10.5 Å². The smallest absolute Gasteiger partial charge is 0.198 e. The molecule has 0 atom stereocenters. The Morgan fingerprint density at radius 2 is 1.72 bits per heavy atom. The number of nitrogens with two attached hydrogens (primary N) is 1. The van der Waals surface area contributed by atoms with Gasteiger partial charge in [0.1, 0.15) is 5.75 Å². The standard InChI is InChI=1S/C12H7BrClF2NO/c13-8-3-6(14)1-2-11(8)18-12-9(15)4-7(17)5-10(12)16/h1-5H,17H2. The summed E-state index contributed by atoms with van der Waals surface area (Å²) in [4.78, 5) is 0. The van der Waals surface area contributed by atoms with E-state index in [2.05, 4.69) is 15.9 Å². The third-order valence-corrected chi connectivity index (χ3v) is 2.98. The van der Waals surface area contributed by atoms with E-state index in [4.69, 9.17) is 22.1 Å². The van der Waals surface area contributed by atoms with Crippen molar-refractivity contribution >= 4 is 33.2 Å². The molecule has 0 fully saturated rings. The molecule has 0 saturated carbocycles. The minimum Gasteiger partial charge on any atom is -0.450 e. The van der Waals surface area contributed by atoms with E-state index >= 15 is 0 Å². The summed E-state index contributed by atoms with van der Waals surface area (Å²) < 4.78 is 32.7. The fourth-order valence-electron chi connectivity index (χ4n) is 1.34. The molecule has 0 aliphatic carbocycles. The van der Waals surface area contributed by atoms with Gasteiger partial charge in [-0.2, -0.15) is 0 Å². The van der Waals surface area contributed by atoms with Gasteiger partial charge in [0, 0.05) is 22.8 Å². The zero-order valence-corrected chi connectivity index (χ0v) is 11.2. The fourth-order valence-corrected chi connectivity index (χ4v) is 2.11. The van der Waals surface area contributed by atoms with Crippen LogP contribution in [0.25, 0.3) is 0 Å². The summed E-state index contributed by atoms with van der Waals surface area (Å²) in [6, 6.07) is 6.59. The lowest BCUT2D eigenvalue weighted by Crippen LogP contribution is -1.96. The minimum absolute atomic E-state index is 0.00692. The largest absolute Gasteiger partial charge is 0.450 e. The Balaban J connectivity index is 2.40. The first-order chi connectivity index (χ1) is 8.47. The van der Waals surface area contributed by atoms with Crippen molar-refractivity contribution in [1.82, 2.24) is 0 Å². The van der Waals surface area contributed by atoms with Crippen molar-refractivity contribution < 1.29 is 13.5 Å².